The Kier molecular flexibility index (Phi) is 5.89. The van der Waals surface area contributed by atoms with Gasteiger partial charge in [0.2, 0.25) is 0 Å². The Labute approximate surface area is 154 Å². The summed E-state index contributed by atoms with van der Waals surface area (Å²) in [6.45, 7) is 5.81. The van der Waals surface area contributed by atoms with Crippen LogP contribution in [0.1, 0.15) is 30.9 Å². The maximum absolute atomic E-state index is 12.0. The second kappa shape index (κ2) is 8.52. The minimum atomic E-state index is 0.0617. The first-order valence-corrected chi connectivity index (χ1v) is 9.00. The number of anilines is 1. The molecule has 0 unspecified atom stereocenters. The molecule has 2 aromatic rings. The number of carbonyl (C=O) groups is 1. The third-order valence-corrected chi connectivity index (χ3v) is 4.46. The van der Waals surface area contributed by atoms with Crippen LogP contribution in [0, 0.1) is 6.92 Å². The lowest BCUT2D eigenvalue weighted by molar-refractivity contribution is -0.132. The topological polar surface area (TPSA) is 53.9 Å². The Morgan fingerprint density at radius 2 is 1.88 bits per heavy atom. The molecule has 1 N–H and O–H groups in total. The highest BCUT2D eigenvalue weighted by Crippen LogP contribution is 2.15. The van der Waals surface area contributed by atoms with Crippen molar-refractivity contribution in [2.24, 2.45) is 5.10 Å². The van der Waals surface area contributed by atoms with Crippen LogP contribution in [0.4, 0.5) is 5.69 Å². The van der Waals surface area contributed by atoms with E-state index >= 15 is 0 Å². The van der Waals surface area contributed by atoms with Crippen LogP contribution in [0.25, 0.3) is 0 Å². The zero-order chi connectivity index (χ0) is 18.4. The van der Waals surface area contributed by atoms with Gasteiger partial charge in [-0.25, -0.2) is 0 Å². The second-order valence-electron chi connectivity index (χ2n) is 6.58. The van der Waals surface area contributed by atoms with E-state index in [2.05, 4.69) is 23.5 Å². The van der Waals surface area contributed by atoms with Crippen LogP contribution in [-0.4, -0.2) is 36.2 Å². The molecule has 136 valence electrons. The smallest absolute Gasteiger partial charge is 0.260 e. The van der Waals surface area contributed by atoms with Gasteiger partial charge in [-0.2, -0.15) is 5.10 Å². The first-order valence-electron chi connectivity index (χ1n) is 9.00. The zero-order valence-electron chi connectivity index (χ0n) is 15.4. The van der Waals surface area contributed by atoms with E-state index in [1.807, 2.05) is 54.3 Å². The molecule has 1 heterocycles. The van der Waals surface area contributed by atoms with Crippen molar-refractivity contribution in [1.82, 2.24) is 4.90 Å². The van der Waals surface area contributed by atoms with Crippen molar-refractivity contribution in [3.05, 3.63) is 59.7 Å². The summed E-state index contributed by atoms with van der Waals surface area (Å²) in [6, 6.07) is 15.7. The minimum Gasteiger partial charge on any atom is -0.484 e. The molecule has 3 rings (SSSR count). The van der Waals surface area contributed by atoms with E-state index < -0.39 is 0 Å². The van der Waals surface area contributed by atoms with Gasteiger partial charge in [-0.15, -0.1) is 0 Å². The molecule has 5 heteroatoms. The van der Waals surface area contributed by atoms with E-state index in [1.54, 1.807) is 0 Å². The van der Waals surface area contributed by atoms with Crippen molar-refractivity contribution >= 4 is 17.3 Å². The quantitative estimate of drug-likeness (QED) is 0.636. The lowest BCUT2D eigenvalue weighted by Crippen LogP contribution is -2.32. The van der Waals surface area contributed by atoms with Crippen molar-refractivity contribution in [2.45, 2.75) is 26.7 Å². The van der Waals surface area contributed by atoms with Crippen molar-refractivity contribution in [3.8, 4) is 5.75 Å². The number of benzene rings is 2. The van der Waals surface area contributed by atoms with E-state index in [0.29, 0.717) is 5.75 Å². The fourth-order valence-corrected chi connectivity index (χ4v) is 2.92. The Morgan fingerprint density at radius 3 is 2.58 bits per heavy atom. The predicted molar refractivity (Wildman–Crippen MR) is 105 cm³/mol. The Hall–Kier alpha value is -2.82. The van der Waals surface area contributed by atoms with Crippen molar-refractivity contribution in [3.63, 3.8) is 0 Å². The number of amides is 1. The van der Waals surface area contributed by atoms with Gasteiger partial charge in [-0.05, 0) is 74.2 Å². The molecule has 0 aromatic heterocycles. The highest BCUT2D eigenvalue weighted by Gasteiger charge is 2.18. The summed E-state index contributed by atoms with van der Waals surface area (Å²) in [6.07, 6.45) is 2.19. The van der Waals surface area contributed by atoms with Crippen LogP contribution in [-0.2, 0) is 4.79 Å². The van der Waals surface area contributed by atoms with Crippen LogP contribution in [0.2, 0.25) is 0 Å². The summed E-state index contributed by atoms with van der Waals surface area (Å²) in [7, 11) is 0. The molecule has 0 aliphatic carbocycles. The largest absolute Gasteiger partial charge is 0.484 e. The number of aryl methyl sites for hydroxylation is 1. The molecule has 0 spiro atoms. The molecule has 5 nitrogen and oxygen atoms in total. The molecule has 26 heavy (non-hydrogen) atoms. The highest BCUT2D eigenvalue weighted by atomic mass is 16.5. The molecule has 0 bridgehead atoms. The number of hydrogen-bond acceptors (Lipinski definition) is 4. The minimum absolute atomic E-state index is 0.0617. The standard InChI is InChI=1S/C21H25N3O2/c1-16-6-5-7-19(14-16)23-22-17(2)18-8-10-20(11-9-18)26-15-21(25)24-12-3-4-13-24/h5-11,14,23H,3-4,12-13,15H2,1-2H3/b22-17-. The summed E-state index contributed by atoms with van der Waals surface area (Å²) in [5, 5.41) is 4.43. The molecule has 0 radical (unpaired) electrons. The fraction of sp³-hybridized carbons (Fsp3) is 0.333. The summed E-state index contributed by atoms with van der Waals surface area (Å²) < 4.78 is 5.61. The van der Waals surface area contributed by atoms with Crippen LogP contribution < -0.4 is 10.2 Å². The van der Waals surface area contributed by atoms with Gasteiger partial charge >= 0.3 is 0 Å². The fourth-order valence-electron chi connectivity index (χ4n) is 2.92. The first-order chi connectivity index (χ1) is 12.6. The summed E-state index contributed by atoms with van der Waals surface area (Å²) in [5.41, 5.74) is 7.11. The normalized spacial score (nSPS) is 14.4. The third-order valence-electron chi connectivity index (χ3n) is 4.46. The van der Waals surface area contributed by atoms with Crippen LogP contribution in [0.5, 0.6) is 5.75 Å². The van der Waals surface area contributed by atoms with Crippen LogP contribution in [0.15, 0.2) is 53.6 Å². The van der Waals surface area contributed by atoms with E-state index in [1.165, 1.54) is 5.56 Å². The molecule has 0 saturated carbocycles. The molecule has 1 amide bonds. The van der Waals surface area contributed by atoms with Crippen molar-refractivity contribution < 1.29 is 9.53 Å². The number of nitrogens with zero attached hydrogens (tertiary/aromatic N) is 2. The maximum atomic E-state index is 12.0. The summed E-state index contributed by atoms with van der Waals surface area (Å²) in [4.78, 5) is 13.9. The average Bonchev–Trinajstić information content (AvgIpc) is 3.19. The monoisotopic (exact) mass is 351 g/mol. The van der Waals surface area contributed by atoms with E-state index in [9.17, 15) is 4.79 Å². The maximum Gasteiger partial charge on any atom is 0.260 e. The average molecular weight is 351 g/mol. The summed E-state index contributed by atoms with van der Waals surface area (Å²) >= 11 is 0. The molecule has 1 fully saturated rings. The second-order valence-corrected chi connectivity index (χ2v) is 6.58. The van der Waals surface area contributed by atoms with Gasteiger partial charge in [0.05, 0.1) is 11.4 Å². The zero-order valence-corrected chi connectivity index (χ0v) is 15.4. The van der Waals surface area contributed by atoms with Crippen molar-refractivity contribution in [2.75, 3.05) is 25.1 Å². The molecule has 1 aliphatic heterocycles. The van der Waals surface area contributed by atoms with Crippen molar-refractivity contribution in [1.29, 1.82) is 0 Å². The Bertz CT molecular complexity index is 778. The van der Waals surface area contributed by atoms with Gasteiger partial charge in [0, 0.05) is 13.1 Å². The van der Waals surface area contributed by atoms with Gasteiger partial charge in [0.1, 0.15) is 5.75 Å². The number of hydrazone groups is 1. The van der Waals surface area contributed by atoms with E-state index in [4.69, 9.17) is 4.74 Å². The van der Waals surface area contributed by atoms with Gasteiger partial charge in [-0.3, -0.25) is 10.2 Å². The lowest BCUT2D eigenvalue weighted by atomic mass is 10.1. The van der Waals surface area contributed by atoms with E-state index in [0.717, 1.165) is 42.9 Å². The van der Waals surface area contributed by atoms with Gasteiger partial charge in [0.25, 0.3) is 5.91 Å². The molecular weight excluding hydrogens is 326 g/mol. The van der Waals surface area contributed by atoms with Gasteiger partial charge < -0.3 is 9.64 Å². The number of ether oxygens (including phenoxy) is 1. The molecule has 2 aromatic carbocycles. The Balaban J connectivity index is 1.54. The van der Waals surface area contributed by atoms with Crippen LogP contribution in [0.3, 0.4) is 0 Å². The van der Waals surface area contributed by atoms with Gasteiger partial charge in [0.15, 0.2) is 6.61 Å². The third kappa shape index (κ3) is 4.85. The molecule has 0 atom stereocenters. The SMILES string of the molecule is C/C(=N/Nc1cccc(C)c1)c1ccc(OCC(=O)N2CCCC2)cc1. The highest BCUT2D eigenvalue weighted by molar-refractivity contribution is 5.99. The number of likely N-dealkylation sites (tertiary alicyclic amines) is 1. The predicted octanol–water partition coefficient (Wildman–Crippen LogP) is 3.83. The number of hydrogen-bond donors (Lipinski definition) is 1. The Morgan fingerprint density at radius 1 is 1.15 bits per heavy atom. The lowest BCUT2D eigenvalue weighted by Gasteiger charge is -2.15. The van der Waals surface area contributed by atoms with Crippen LogP contribution >= 0.6 is 0 Å². The molecular formula is C21H25N3O2. The molecule has 1 aliphatic rings. The first kappa shape index (κ1) is 18.0. The van der Waals surface area contributed by atoms with E-state index in [-0.39, 0.29) is 12.5 Å². The number of nitrogens with one attached hydrogen (secondary N) is 1. The molecule has 1 saturated heterocycles. The number of carbonyl (C=O) groups excluding carboxylic acids is 1. The van der Waals surface area contributed by atoms with Gasteiger partial charge in [-0.1, -0.05) is 12.1 Å². The number of rotatable bonds is 6. The summed E-state index contributed by atoms with van der Waals surface area (Å²) in [5.74, 6) is 0.757.